The fourth-order valence-electron chi connectivity index (χ4n) is 13.0. The predicted molar refractivity (Wildman–Crippen MR) is 386 cm³/mol. The minimum absolute atomic E-state index is 0.0760. The molecule has 104 heavy (non-hydrogen) atoms. The lowest BCUT2D eigenvalue weighted by Gasteiger charge is -2.48. The maximum absolute atomic E-state index is 14.4. The molecule has 3 aromatic rings. The number of hydrogen-bond acceptors (Lipinski definition) is 22. The minimum Gasteiger partial charge on any atom is -0.497 e. The fourth-order valence-corrected chi connectivity index (χ4v) is 13.0. The topological polar surface area (TPSA) is 290 Å². The molecule has 566 valence electrons. The van der Waals surface area contributed by atoms with E-state index in [-0.39, 0.29) is 75.1 Å². The second-order valence-corrected chi connectivity index (χ2v) is 27.7. The van der Waals surface area contributed by atoms with Gasteiger partial charge in [0.05, 0.1) is 87.7 Å². The number of ether oxygens (including phenoxy) is 14. The number of carbonyl (C=O) groups excluding carboxylic acids is 4. The van der Waals surface area contributed by atoms with Gasteiger partial charge < -0.3 is 92.1 Å². The zero-order valence-electron chi connectivity index (χ0n) is 61.0. The molecule has 5 heterocycles. The zero-order chi connectivity index (χ0) is 74.9. The normalized spacial score (nSPS) is 34.4. The standard InChI is InChI=1S/C81H105NO22/c1-12-42-94-75(89)70-65(84)49-81(93-11)48-63-46-67(102-77(101-63)56-32-38-59(92-10)39-33-56)64(83)41-40-61-44-62(100-76(98-61)55-30-36-58(91-9)37-31-55)47-69(86)97-53(5)52(4)72(87)51(3)26-24-22-20-18-16-14-15-17-19-21-23-25-27-60(45-68(70)104-81)99-78-73(71(66(85)50-96-78)82-79(90)95-43-13-2)103-74(88)54-28-34-57(35-29-54)80(6,7)8/h12-39,51-53,60-68,70-73,76-78,83-85,87H,1-2,40-50H2,3-11H3,(H,82,90)/b15-14+,18-16+,19-17+,22-20+,23-21+,26-24+,27-25+/t51-,52-,53-,60?,61?,62+,63?,64?,65-,66+,67?,68-,70?,71-,72+,73-,76?,77?,78?,81?/m0/s1. The van der Waals surface area contributed by atoms with Gasteiger partial charge in [-0.25, -0.2) is 9.59 Å². The van der Waals surface area contributed by atoms with E-state index in [0.717, 1.165) is 5.56 Å². The molecule has 4 fully saturated rings. The SMILES string of the molecule is C=CCOC(=O)N[C@H]1[C@H](O)COC(OC2/C=C/C=C/C=C/C=C/C=C/C=C/C=C/[C@H](C)[C@@H](O)[C@@H](C)[C@H](C)OC(=O)C[C@H]3CC(CCC(O)C4CC(CC5(OC)C[C@H](O)C(C(=O)OCC=C)[C@H](C2)O5)OC(c2ccc(OC)cc2)O4)OC(c2ccc(OC)cc2)O3)[C@H]1OC(=O)c1ccc(C(C)(C)C)cc1. The number of alkyl carbamates (subject to hydrolysis) is 1. The fraction of sp³-hybridized carbons (Fsp3) is 0.506. The number of rotatable bonds is 15. The number of hydrogen-bond donors (Lipinski definition) is 5. The lowest BCUT2D eigenvalue weighted by atomic mass is 9.82. The summed E-state index contributed by atoms with van der Waals surface area (Å²) in [6, 6.07) is 19.8. The number of fused-ring (bicyclic) bond motifs is 6. The Kier molecular flexibility index (Phi) is 31.5. The zero-order valence-corrected chi connectivity index (χ0v) is 61.0. The van der Waals surface area contributed by atoms with E-state index in [0.29, 0.717) is 29.0 Å². The van der Waals surface area contributed by atoms with Crippen LogP contribution in [0.1, 0.15) is 133 Å². The summed E-state index contributed by atoms with van der Waals surface area (Å²) in [6.45, 7) is 18.2. The van der Waals surface area contributed by atoms with Gasteiger partial charge >= 0.3 is 24.0 Å². The lowest BCUT2D eigenvalue weighted by Crippen LogP contribution is -2.63. The summed E-state index contributed by atoms with van der Waals surface area (Å²) >= 11 is 0. The van der Waals surface area contributed by atoms with Crippen LogP contribution in [0, 0.1) is 17.8 Å². The van der Waals surface area contributed by atoms with E-state index in [1.807, 2.05) is 101 Å². The molecule has 0 spiro atoms. The molecule has 5 N–H and O–H groups in total. The Morgan fingerprint density at radius 2 is 1.20 bits per heavy atom. The van der Waals surface area contributed by atoms with Gasteiger partial charge in [-0.3, -0.25) is 9.59 Å². The van der Waals surface area contributed by atoms with Gasteiger partial charge in [0.15, 0.2) is 30.8 Å². The number of aliphatic hydroxyl groups excluding tert-OH is 4. The Hall–Kier alpha value is -7.88. The number of aliphatic hydroxyl groups is 4. The molecule has 0 saturated carbocycles. The van der Waals surface area contributed by atoms with Crippen LogP contribution in [0.3, 0.4) is 0 Å². The summed E-state index contributed by atoms with van der Waals surface area (Å²) in [7, 11) is 4.53. The van der Waals surface area contributed by atoms with Gasteiger partial charge in [0.2, 0.25) is 0 Å². The second-order valence-electron chi connectivity index (χ2n) is 27.7. The first-order valence-electron chi connectivity index (χ1n) is 35.6. The van der Waals surface area contributed by atoms with E-state index in [2.05, 4.69) is 18.5 Å². The van der Waals surface area contributed by atoms with Crippen LogP contribution in [0.25, 0.3) is 0 Å². The Bertz CT molecular complexity index is 3450. The van der Waals surface area contributed by atoms with Gasteiger partial charge in [0, 0.05) is 62.2 Å². The number of carbonyl (C=O) groups is 4. The van der Waals surface area contributed by atoms with E-state index in [4.69, 9.17) is 66.3 Å². The van der Waals surface area contributed by atoms with Crippen molar-refractivity contribution in [1.29, 1.82) is 0 Å². The van der Waals surface area contributed by atoms with Gasteiger partial charge in [-0.2, -0.15) is 0 Å². The van der Waals surface area contributed by atoms with Crippen molar-refractivity contribution < 1.29 is 106 Å². The van der Waals surface area contributed by atoms with Crippen molar-refractivity contribution >= 4 is 24.0 Å². The maximum Gasteiger partial charge on any atom is 0.407 e. The van der Waals surface area contributed by atoms with Gasteiger partial charge in [-0.05, 0) is 67.1 Å². The molecular formula is C81H105NO22. The lowest BCUT2D eigenvalue weighted by molar-refractivity contribution is -0.332. The largest absolute Gasteiger partial charge is 0.497 e. The molecule has 23 nitrogen and oxygen atoms in total. The highest BCUT2D eigenvalue weighted by atomic mass is 16.7. The first-order valence-corrected chi connectivity index (χ1v) is 35.6. The van der Waals surface area contributed by atoms with Crippen molar-refractivity contribution in [3.63, 3.8) is 0 Å². The number of methoxy groups -OCH3 is 3. The summed E-state index contributed by atoms with van der Waals surface area (Å²) in [5.41, 5.74) is 2.13. The van der Waals surface area contributed by atoms with Crippen molar-refractivity contribution in [1.82, 2.24) is 5.32 Å². The summed E-state index contributed by atoms with van der Waals surface area (Å²) < 4.78 is 87.2. The van der Waals surface area contributed by atoms with Crippen molar-refractivity contribution in [3.05, 3.63) is 205 Å². The van der Waals surface area contributed by atoms with Crippen LogP contribution in [0.5, 0.6) is 11.5 Å². The number of cyclic esters (lactones) is 1. The maximum atomic E-state index is 14.4. The molecule has 0 aliphatic carbocycles. The van der Waals surface area contributed by atoms with Crippen LogP contribution in [-0.2, 0) is 71.8 Å². The van der Waals surface area contributed by atoms with Crippen LogP contribution < -0.4 is 14.8 Å². The number of amides is 1. The Morgan fingerprint density at radius 3 is 1.79 bits per heavy atom. The number of benzene rings is 3. The van der Waals surface area contributed by atoms with Crippen molar-refractivity contribution in [2.45, 2.75) is 202 Å². The molecule has 5 aliphatic heterocycles. The van der Waals surface area contributed by atoms with Crippen molar-refractivity contribution in [2.24, 2.45) is 17.8 Å². The van der Waals surface area contributed by atoms with Crippen LogP contribution in [0.4, 0.5) is 4.79 Å². The third-order valence-electron chi connectivity index (χ3n) is 19.1. The molecule has 8 rings (SSSR count). The predicted octanol–water partition coefficient (Wildman–Crippen LogP) is 11.3. The number of nitrogens with one attached hydrogen (secondary N) is 1. The molecule has 0 radical (unpaired) electrons. The highest BCUT2D eigenvalue weighted by Gasteiger charge is 2.54. The van der Waals surface area contributed by atoms with Crippen LogP contribution >= 0.6 is 0 Å². The minimum atomic E-state index is -1.73. The molecule has 0 aromatic heterocycles. The highest BCUT2D eigenvalue weighted by Crippen LogP contribution is 2.44. The third-order valence-corrected chi connectivity index (χ3v) is 19.1. The first kappa shape index (κ1) is 81.8. The Labute approximate surface area is 610 Å². The smallest absolute Gasteiger partial charge is 0.407 e. The van der Waals surface area contributed by atoms with E-state index in [1.165, 1.54) is 19.3 Å². The van der Waals surface area contributed by atoms with Crippen molar-refractivity contribution in [2.75, 3.05) is 41.2 Å². The molecule has 5 aliphatic rings. The first-order chi connectivity index (χ1) is 49.9. The van der Waals surface area contributed by atoms with E-state index in [9.17, 15) is 39.6 Å². The summed E-state index contributed by atoms with van der Waals surface area (Å²) in [4.78, 5) is 55.9. The Morgan fingerprint density at radius 1 is 0.635 bits per heavy atom. The monoisotopic (exact) mass is 1440 g/mol. The van der Waals surface area contributed by atoms with Crippen LogP contribution in [-0.4, -0.2) is 177 Å². The molecule has 1 amide bonds. The highest BCUT2D eigenvalue weighted by molar-refractivity contribution is 5.89. The second kappa shape index (κ2) is 40.0. The third kappa shape index (κ3) is 23.8. The number of allylic oxidation sites excluding steroid dienone is 12. The van der Waals surface area contributed by atoms with Gasteiger partial charge in [-0.1, -0.05) is 181 Å². The van der Waals surface area contributed by atoms with Crippen molar-refractivity contribution in [3.8, 4) is 11.5 Å². The summed E-state index contributed by atoms with van der Waals surface area (Å²) in [5, 5.41) is 50.6. The molecule has 23 heteroatoms. The van der Waals surface area contributed by atoms with Gasteiger partial charge in [0.1, 0.15) is 48.9 Å². The number of esters is 3. The van der Waals surface area contributed by atoms with E-state index < -0.39 is 146 Å². The molecule has 3 aromatic carbocycles. The van der Waals surface area contributed by atoms with Crippen LogP contribution in [0.15, 0.2) is 183 Å². The van der Waals surface area contributed by atoms with Crippen LogP contribution in [0.2, 0.25) is 0 Å². The molecule has 6 bridgehead atoms. The molecule has 4 saturated heterocycles. The molecule has 10 unspecified atom stereocenters. The summed E-state index contributed by atoms with van der Waals surface area (Å²) in [5.74, 6) is -4.79. The Balaban J connectivity index is 1.16. The van der Waals surface area contributed by atoms with E-state index in [1.54, 1.807) is 112 Å². The summed E-state index contributed by atoms with van der Waals surface area (Å²) in [6.07, 6.45) is 11.0. The average Bonchev–Trinajstić information content (AvgIpc) is 0.771. The van der Waals surface area contributed by atoms with E-state index >= 15 is 0 Å². The average molecular weight is 1440 g/mol. The van der Waals surface area contributed by atoms with Gasteiger partial charge in [-0.15, -0.1) is 0 Å². The molecule has 20 atom stereocenters. The quantitative estimate of drug-likeness (QED) is 0.0537. The molecular weight excluding hydrogens is 1340 g/mol. The van der Waals surface area contributed by atoms with Gasteiger partial charge in [0.25, 0.3) is 0 Å².